The zero-order chi connectivity index (χ0) is 26.4. The summed E-state index contributed by atoms with van der Waals surface area (Å²) in [6.07, 6.45) is 1.79. The number of pyridine rings is 1. The molecule has 1 saturated heterocycles. The number of rotatable bonds is 4. The monoisotopic (exact) mass is 530 g/mol. The Morgan fingerprint density at radius 2 is 1.84 bits per heavy atom. The zero-order valence-electron chi connectivity index (χ0n) is 19.7. The van der Waals surface area contributed by atoms with Crippen LogP contribution in [-0.2, 0) is 11.2 Å². The van der Waals surface area contributed by atoms with Gasteiger partial charge < -0.3 is 20.3 Å². The maximum absolute atomic E-state index is 12.1. The molecule has 1 amide bonds. The zero-order valence-corrected chi connectivity index (χ0v) is 20.5. The third-order valence-corrected chi connectivity index (χ3v) is 6.80. The van der Waals surface area contributed by atoms with Crippen LogP contribution in [0.3, 0.4) is 0 Å². The molecular formula is C26H25F3N4O3S. The second-order valence-corrected chi connectivity index (χ2v) is 9.57. The van der Waals surface area contributed by atoms with Crippen LogP contribution in [-0.4, -0.2) is 64.3 Å². The molecular weight excluding hydrogens is 505 g/mol. The minimum Gasteiger partial charge on any atom is -0.475 e. The van der Waals surface area contributed by atoms with Crippen molar-refractivity contribution in [3.63, 3.8) is 0 Å². The molecule has 1 fully saturated rings. The summed E-state index contributed by atoms with van der Waals surface area (Å²) >= 11 is 2.02. The lowest BCUT2D eigenvalue weighted by Crippen LogP contribution is -2.32. The molecule has 0 atom stereocenters. The van der Waals surface area contributed by atoms with E-state index in [2.05, 4.69) is 62.7 Å². The molecule has 2 aliphatic rings. The Bertz CT molecular complexity index is 1300. The maximum atomic E-state index is 12.1. The van der Waals surface area contributed by atoms with Crippen LogP contribution in [0.5, 0.6) is 0 Å². The first-order chi connectivity index (χ1) is 17.7. The van der Waals surface area contributed by atoms with Crippen LogP contribution in [0.4, 0.5) is 18.9 Å². The Kier molecular flexibility index (Phi) is 8.22. The number of H-pyrrole nitrogens is 1. The average Bonchev–Trinajstić information content (AvgIpc) is 3.34. The molecule has 0 saturated carbocycles. The fourth-order valence-corrected chi connectivity index (χ4v) is 4.95. The summed E-state index contributed by atoms with van der Waals surface area (Å²) in [5.41, 5.74) is 7.15. The lowest BCUT2D eigenvalue weighted by atomic mass is 10.1. The fourth-order valence-electron chi connectivity index (χ4n) is 4.05. The van der Waals surface area contributed by atoms with E-state index in [4.69, 9.17) is 9.90 Å². The number of aliphatic carboxylic acids is 1. The molecule has 0 spiro atoms. The number of carboxylic acids is 1. The number of thioether (sulfide) groups is 1. The van der Waals surface area contributed by atoms with E-state index < -0.39 is 12.1 Å². The van der Waals surface area contributed by atoms with Crippen molar-refractivity contribution in [3.8, 4) is 11.3 Å². The number of aromatic nitrogens is 2. The van der Waals surface area contributed by atoms with E-state index in [0.29, 0.717) is 6.54 Å². The number of amides is 1. The highest BCUT2D eigenvalue weighted by molar-refractivity contribution is 7.99. The van der Waals surface area contributed by atoms with Gasteiger partial charge in [0.25, 0.3) is 5.91 Å². The molecule has 3 aromatic rings. The van der Waals surface area contributed by atoms with Gasteiger partial charge in [-0.05, 0) is 35.9 Å². The largest absolute Gasteiger partial charge is 0.490 e. The quantitative estimate of drug-likeness (QED) is 0.452. The number of anilines is 1. The van der Waals surface area contributed by atoms with Crippen molar-refractivity contribution in [2.24, 2.45) is 0 Å². The van der Waals surface area contributed by atoms with Crippen LogP contribution in [0, 0.1) is 0 Å². The molecule has 3 N–H and O–H groups in total. The van der Waals surface area contributed by atoms with Gasteiger partial charge in [-0.1, -0.05) is 24.3 Å². The fraction of sp³-hybridized carbons (Fsp3) is 0.269. The molecule has 0 aliphatic carbocycles. The summed E-state index contributed by atoms with van der Waals surface area (Å²) in [4.78, 5) is 31.4. The van der Waals surface area contributed by atoms with Gasteiger partial charge in [0.05, 0.1) is 11.3 Å². The van der Waals surface area contributed by atoms with Crippen molar-refractivity contribution in [1.29, 1.82) is 0 Å². The number of nitrogens with zero attached hydrogens (tertiary/aromatic N) is 2. The molecule has 0 bridgehead atoms. The van der Waals surface area contributed by atoms with Crippen LogP contribution < -0.4 is 10.2 Å². The van der Waals surface area contributed by atoms with Gasteiger partial charge in [-0.2, -0.15) is 24.9 Å². The smallest absolute Gasteiger partial charge is 0.475 e. The number of hydrogen-bond donors (Lipinski definition) is 3. The van der Waals surface area contributed by atoms with Crippen LogP contribution >= 0.6 is 11.8 Å². The molecule has 4 heterocycles. The topological polar surface area (TPSA) is 98.3 Å². The molecule has 2 aromatic heterocycles. The van der Waals surface area contributed by atoms with Gasteiger partial charge in [-0.3, -0.25) is 9.78 Å². The van der Waals surface area contributed by atoms with Gasteiger partial charge in [0, 0.05) is 66.4 Å². The highest BCUT2D eigenvalue weighted by atomic mass is 32.2. The molecule has 5 rings (SSSR count). The van der Waals surface area contributed by atoms with Crippen molar-refractivity contribution in [2.75, 3.05) is 36.0 Å². The van der Waals surface area contributed by atoms with Crippen LogP contribution in [0.2, 0.25) is 0 Å². The highest BCUT2D eigenvalue weighted by Gasteiger charge is 2.38. The van der Waals surface area contributed by atoms with Crippen LogP contribution in [0.25, 0.3) is 23.4 Å². The van der Waals surface area contributed by atoms with Crippen molar-refractivity contribution in [1.82, 2.24) is 15.3 Å². The average molecular weight is 531 g/mol. The van der Waals surface area contributed by atoms with Gasteiger partial charge in [-0.15, -0.1) is 0 Å². The lowest BCUT2D eigenvalue weighted by Gasteiger charge is -2.29. The SMILES string of the molecule is O=C(O)C(F)(F)F.O=C1NCCc2[nH]c(-c3ccnc(/C=C/c4ccccc4N4CCSCC4)c3)cc21. The van der Waals surface area contributed by atoms with E-state index in [1.165, 1.54) is 22.8 Å². The predicted molar refractivity (Wildman–Crippen MR) is 139 cm³/mol. The van der Waals surface area contributed by atoms with Crippen molar-refractivity contribution < 1.29 is 27.9 Å². The Balaban J connectivity index is 0.000000405. The number of benzene rings is 1. The molecule has 0 radical (unpaired) electrons. The van der Waals surface area contributed by atoms with Gasteiger partial charge in [0.1, 0.15) is 0 Å². The second kappa shape index (κ2) is 11.5. The summed E-state index contributed by atoms with van der Waals surface area (Å²) in [6, 6.07) is 14.5. The molecule has 0 unspecified atom stereocenters. The molecule has 11 heteroatoms. The predicted octanol–water partition coefficient (Wildman–Crippen LogP) is 4.72. The minimum atomic E-state index is -5.08. The van der Waals surface area contributed by atoms with E-state index in [1.54, 1.807) is 0 Å². The number of alkyl halides is 3. The van der Waals surface area contributed by atoms with Crippen molar-refractivity contribution in [2.45, 2.75) is 12.6 Å². The van der Waals surface area contributed by atoms with Crippen LogP contribution in [0.15, 0.2) is 48.7 Å². The Morgan fingerprint density at radius 1 is 1.11 bits per heavy atom. The highest BCUT2D eigenvalue weighted by Crippen LogP contribution is 2.27. The van der Waals surface area contributed by atoms with Crippen LogP contribution in [0.1, 0.15) is 27.3 Å². The normalized spacial score (nSPS) is 15.5. The first-order valence-corrected chi connectivity index (χ1v) is 12.7. The number of carbonyl (C=O) groups excluding carboxylic acids is 1. The van der Waals surface area contributed by atoms with Gasteiger partial charge in [-0.25, -0.2) is 4.79 Å². The summed E-state index contributed by atoms with van der Waals surface area (Å²) in [5.74, 6) is -0.396. The molecule has 37 heavy (non-hydrogen) atoms. The lowest BCUT2D eigenvalue weighted by molar-refractivity contribution is -0.192. The van der Waals surface area contributed by atoms with E-state index in [1.807, 2.05) is 30.1 Å². The summed E-state index contributed by atoms with van der Waals surface area (Å²) < 4.78 is 31.7. The standard InChI is InChI=1S/C24H24N4OS.C2HF3O2/c29-24-20-16-22(27-21(20)8-10-26-24)18-7-9-25-19(15-18)6-5-17-3-1-2-4-23(17)28-11-13-30-14-12-28;3-2(4,5)1(6)7/h1-7,9,15-16,27H,8,10-14H2,(H,26,29);(H,6,7)/b6-5+;. The Morgan fingerprint density at radius 3 is 2.54 bits per heavy atom. The third-order valence-electron chi connectivity index (χ3n) is 5.86. The number of nitrogens with one attached hydrogen (secondary N) is 2. The second-order valence-electron chi connectivity index (χ2n) is 8.35. The van der Waals surface area contributed by atoms with Gasteiger partial charge in [0.15, 0.2) is 0 Å². The summed E-state index contributed by atoms with van der Waals surface area (Å²) in [7, 11) is 0. The number of halogens is 3. The van der Waals surface area contributed by atoms with E-state index in [9.17, 15) is 18.0 Å². The van der Waals surface area contributed by atoms with Gasteiger partial charge >= 0.3 is 12.1 Å². The minimum absolute atomic E-state index is 0.000597. The summed E-state index contributed by atoms with van der Waals surface area (Å²) in [5, 5.41) is 10.0. The number of para-hydroxylation sites is 1. The van der Waals surface area contributed by atoms with E-state index in [0.717, 1.165) is 47.7 Å². The maximum Gasteiger partial charge on any atom is 0.490 e. The third kappa shape index (κ3) is 6.73. The molecule has 2 aliphatic heterocycles. The van der Waals surface area contributed by atoms with E-state index >= 15 is 0 Å². The first-order valence-electron chi connectivity index (χ1n) is 11.6. The number of hydrogen-bond acceptors (Lipinski definition) is 5. The van der Waals surface area contributed by atoms with E-state index in [-0.39, 0.29) is 5.91 Å². The molecule has 7 nitrogen and oxygen atoms in total. The van der Waals surface area contributed by atoms with Crippen molar-refractivity contribution >= 4 is 41.5 Å². The number of carboxylic acid groups (broad SMARTS) is 1. The molecule has 1 aromatic carbocycles. The van der Waals surface area contributed by atoms with Crippen molar-refractivity contribution in [3.05, 3.63) is 71.2 Å². The number of aromatic amines is 1. The van der Waals surface area contributed by atoms with Gasteiger partial charge in [0.2, 0.25) is 0 Å². The summed E-state index contributed by atoms with van der Waals surface area (Å²) in [6.45, 7) is 2.87. The number of fused-ring (bicyclic) bond motifs is 1. The Labute approximate surface area is 215 Å². The first kappa shape index (κ1) is 26.3. The number of carbonyl (C=O) groups is 2. The molecule has 194 valence electrons. The Hall–Kier alpha value is -3.73.